The molecule has 1 saturated heterocycles. The maximum Gasteiger partial charge on any atom is 0.254 e. The molecule has 0 aliphatic carbocycles. The van der Waals surface area contributed by atoms with E-state index in [1.165, 1.54) is 6.07 Å². The maximum atomic E-state index is 12.2. The van der Waals surface area contributed by atoms with Gasteiger partial charge in [-0.15, -0.1) is 11.3 Å². The summed E-state index contributed by atoms with van der Waals surface area (Å²) in [6, 6.07) is 1.56. The minimum atomic E-state index is -3.72. The van der Waals surface area contributed by atoms with Crippen molar-refractivity contribution in [3.05, 3.63) is 17.0 Å². The van der Waals surface area contributed by atoms with Gasteiger partial charge >= 0.3 is 0 Å². The van der Waals surface area contributed by atoms with Crippen LogP contribution in [0.2, 0.25) is 0 Å². The fourth-order valence-corrected chi connectivity index (χ4v) is 3.91. The number of primary sulfonamides is 1. The third kappa shape index (κ3) is 2.57. The number of thiophene rings is 1. The van der Waals surface area contributed by atoms with Crippen molar-refractivity contribution in [1.82, 2.24) is 4.90 Å². The van der Waals surface area contributed by atoms with Crippen molar-refractivity contribution in [1.29, 1.82) is 0 Å². The summed E-state index contributed by atoms with van der Waals surface area (Å²) in [5, 5.41) is 6.58. The van der Waals surface area contributed by atoms with Gasteiger partial charge in [-0.2, -0.15) is 0 Å². The third-order valence-corrected chi connectivity index (χ3v) is 5.53. The minimum absolute atomic E-state index is 0.0331. The Bertz CT molecular complexity index is 565. The highest BCUT2D eigenvalue weighted by molar-refractivity contribution is 7.91. The maximum absolute atomic E-state index is 12.2. The van der Waals surface area contributed by atoms with Crippen LogP contribution in [0.25, 0.3) is 0 Å². The quantitative estimate of drug-likeness (QED) is 0.889. The van der Waals surface area contributed by atoms with E-state index in [4.69, 9.17) is 5.14 Å². The van der Waals surface area contributed by atoms with Crippen LogP contribution in [0.4, 0.5) is 0 Å². The topological polar surface area (TPSA) is 80.5 Å². The van der Waals surface area contributed by atoms with Crippen LogP contribution in [0.1, 0.15) is 30.6 Å². The zero-order valence-electron chi connectivity index (χ0n) is 10.3. The molecule has 100 valence electrons. The minimum Gasteiger partial charge on any atom is -0.336 e. The molecule has 1 amide bonds. The molecule has 0 aromatic carbocycles. The van der Waals surface area contributed by atoms with Gasteiger partial charge in [0.1, 0.15) is 4.21 Å². The lowest BCUT2D eigenvalue weighted by Crippen LogP contribution is -2.33. The summed E-state index contributed by atoms with van der Waals surface area (Å²) in [7, 11) is -3.72. The normalized spacial score (nSPS) is 24.5. The number of nitrogens with zero attached hydrogens (tertiary/aromatic N) is 1. The molecule has 1 aliphatic rings. The molecule has 18 heavy (non-hydrogen) atoms. The lowest BCUT2D eigenvalue weighted by molar-refractivity contribution is 0.0744. The second-order valence-corrected chi connectivity index (χ2v) is 7.55. The van der Waals surface area contributed by atoms with E-state index in [1.54, 1.807) is 10.3 Å². The smallest absolute Gasteiger partial charge is 0.254 e. The highest BCUT2D eigenvalue weighted by Crippen LogP contribution is 2.26. The molecule has 1 aromatic heterocycles. The Morgan fingerprint density at radius 1 is 1.50 bits per heavy atom. The van der Waals surface area contributed by atoms with E-state index in [-0.39, 0.29) is 16.2 Å². The molecule has 2 N–H and O–H groups in total. The van der Waals surface area contributed by atoms with Crippen LogP contribution in [-0.2, 0) is 10.0 Å². The first kappa shape index (κ1) is 13.5. The van der Waals surface area contributed by atoms with Gasteiger partial charge in [-0.1, -0.05) is 6.92 Å². The average molecular weight is 288 g/mol. The van der Waals surface area contributed by atoms with E-state index < -0.39 is 10.0 Å². The summed E-state index contributed by atoms with van der Waals surface area (Å²) in [6.45, 7) is 4.84. The predicted octanol–water partition coefficient (Wildman–Crippen LogP) is 1.27. The lowest BCUT2D eigenvalue weighted by atomic mass is 10.1. The first-order valence-corrected chi connectivity index (χ1v) is 8.14. The van der Waals surface area contributed by atoms with Crippen LogP contribution in [0.15, 0.2) is 15.7 Å². The fourth-order valence-electron chi connectivity index (χ4n) is 2.33. The number of likely N-dealkylation sites (tertiary alicyclic amines) is 1. The van der Waals surface area contributed by atoms with Crippen molar-refractivity contribution in [2.24, 2.45) is 11.1 Å². The number of nitrogens with two attached hydrogens (primary N) is 1. The van der Waals surface area contributed by atoms with E-state index in [9.17, 15) is 13.2 Å². The Hall–Kier alpha value is -0.920. The Balaban J connectivity index is 2.22. The van der Waals surface area contributed by atoms with Crippen LogP contribution in [0.3, 0.4) is 0 Å². The van der Waals surface area contributed by atoms with Gasteiger partial charge in [-0.3, -0.25) is 4.79 Å². The number of hydrogen-bond acceptors (Lipinski definition) is 4. The van der Waals surface area contributed by atoms with Gasteiger partial charge in [0.05, 0.1) is 5.56 Å². The number of rotatable bonds is 2. The summed E-state index contributed by atoms with van der Waals surface area (Å²) in [4.78, 5) is 14.0. The highest BCUT2D eigenvalue weighted by atomic mass is 32.2. The molecule has 2 heterocycles. The van der Waals surface area contributed by atoms with Crippen molar-refractivity contribution < 1.29 is 13.2 Å². The first-order valence-electron chi connectivity index (χ1n) is 5.71. The number of hydrogen-bond donors (Lipinski definition) is 1. The van der Waals surface area contributed by atoms with Crippen LogP contribution in [0.5, 0.6) is 0 Å². The highest BCUT2D eigenvalue weighted by Gasteiger charge is 2.31. The Kier molecular flexibility index (Phi) is 3.48. The van der Waals surface area contributed by atoms with Gasteiger partial charge in [0.2, 0.25) is 10.0 Å². The van der Waals surface area contributed by atoms with Crippen molar-refractivity contribution in [3.63, 3.8) is 0 Å². The number of carbonyl (C=O) groups excluding carboxylic acids is 1. The van der Waals surface area contributed by atoms with Crippen LogP contribution >= 0.6 is 11.3 Å². The van der Waals surface area contributed by atoms with E-state index in [1.807, 2.05) is 6.92 Å². The number of amides is 1. The summed E-state index contributed by atoms with van der Waals surface area (Å²) in [5.74, 6) is 0.373. The first-order chi connectivity index (χ1) is 8.29. The van der Waals surface area contributed by atoms with E-state index in [2.05, 4.69) is 6.92 Å². The van der Waals surface area contributed by atoms with Crippen molar-refractivity contribution >= 4 is 27.3 Å². The largest absolute Gasteiger partial charge is 0.336 e. The molecule has 0 radical (unpaired) electrons. The van der Waals surface area contributed by atoms with Crippen molar-refractivity contribution in [3.8, 4) is 0 Å². The van der Waals surface area contributed by atoms with Gasteiger partial charge in [-0.25, -0.2) is 13.6 Å². The molecule has 0 bridgehead atoms. The third-order valence-electron chi connectivity index (χ3n) is 3.15. The average Bonchev–Trinajstić information content (AvgIpc) is 2.83. The molecule has 1 fully saturated rings. The molecule has 0 spiro atoms. The predicted molar refractivity (Wildman–Crippen MR) is 70.0 cm³/mol. The van der Waals surface area contributed by atoms with E-state index in [0.29, 0.717) is 11.5 Å². The Labute approximate surface area is 111 Å². The zero-order valence-corrected chi connectivity index (χ0v) is 11.9. The molecule has 2 atom stereocenters. The molecular weight excluding hydrogens is 272 g/mol. The van der Waals surface area contributed by atoms with E-state index in [0.717, 1.165) is 24.3 Å². The summed E-state index contributed by atoms with van der Waals surface area (Å²) in [6.07, 6.45) is 0.984. The molecule has 1 aliphatic heterocycles. The summed E-state index contributed by atoms with van der Waals surface area (Å²) in [5.41, 5.74) is 0.407. The van der Waals surface area contributed by atoms with Crippen molar-refractivity contribution in [2.45, 2.75) is 30.5 Å². The molecule has 2 unspecified atom stereocenters. The van der Waals surface area contributed by atoms with Gasteiger partial charge < -0.3 is 4.90 Å². The molecule has 7 heteroatoms. The molecular formula is C11H16N2O3S2. The SMILES string of the molecule is CC1CC(C)N(C(=O)c2csc(S(N)(=O)=O)c2)C1. The molecule has 2 rings (SSSR count). The van der Waals surface area contributed by atoms with Crippen molar-refractivity contribution in [2.75, 3.05) is 6.54 Å². The second kappa shape index (κ2) is 4.64. The fraction of sp³-hybridized carbons (Fsp3) is 0.545. The Morgan fingerprint density at radius 3 is 2.61 bits per heavy atom. The lowest BCUT2D eigenvalue weighted by Gasteiger charge is -2.20. The Morgan fingerprint density at radius 2 is 2.17 bits per heavy atom. The van der Waals surface area contributed by atoms with Gasteiger partial charge in [-0.05, 0) is 25.3 Å². The van der Waals surface area contributed by atoms with Crippen LogP contribution in [0, 0.1) is 5.92 Å². The second-order valence-electron chi connectivity index (χ2n) is 4.85. The monoisotopic (exact) mass is 288 g/mol. The van der Waals surface area contributed by atoms with Gasteiger partial charge in [0.25, 0.3) is 5.91 Å². The number of sulfonamides is 1. The zero-order chi connectivity index (χ0) is 13.5. The standard InChI is InChI=1S/C11H16N2O3S2/c1-7-3-8(2)13(5-7)11(14)9-4-10(17-6-9)18(12,15)16/h4,6-8H,3,5H2,1-2H3,(H2,12,15,16). The molecule has 0 saturated carbocycles. The summed E-state index contributed by atoms with van der Waals surface area (Å²) >= 11 is 0.985. The van der Waals surface area contributed by atoms with Gasteiger partial charge in [0, 0.05) is 18.0 Å². The molecule has 1 aromatic rings. The van der Waals surface area contributed by atoms with Crippen LogP contribution in [-0.4, -0.2) is 31.8 Å². The van der Waals surface area contributed by atoms with E-state index >= 15 is 0 Å². The van der Waals surface area contributed by atoms with Gasteiger partial charge in [0.15, 0.2) is 0 Å². The number of carbonyl (C=O) groups is 1. The van der Waals surface area contributed by atoms with Crippen LogP contribution < -0.4 is 5.14 Å². The molecule has 5 nitrogen and oxygen atoms in total. The summed E-state index contributed by atoms with van der Waals surface area (Å²) < 4.78 is 22.4.